The molecule has 0 aliphatic heterocycles. The number of thioether (sulfide) groups is 1. The van der Waals surface area contributed by atoms with Crippen LogP contribution in [0.15, 0.2) is 0 Å². The number of aliphatic carboxylic acids is 1. The number of aliphatic hydroxyl groups is 1. The van der Waals surface area contributed by atoms with Crippen molar-refractivity contribution in [1.29, 1.82) is 0 Å². The zero-order valence-corrected chi connectivity index (χ0v) is 11.0. The first-order valence-electron chi connectivity index (χ1n) is 6.17. The van der Waals surface area contributed by atoms with Crippen molar-refractivity contribution in [3.63, 3.8) is 0 Å². The van der Waals surface area contributed by atoms with Crippen molar-refractivity contribution in [2.45, 2.75) is 58.0 Å². The van der Waals surface area contributed by atoms with Crippen LogP contribution >= 0.6 is 11.8 Å². The lowest BCUT2D eigenvalue weighted by Gasteiger charge is -2.04. The molecule has 0 fully saturated rings. The highest BCUT2D eigenvalue weighted by molar-refractivity contribution is 7.99. The second kappa shape index (κ2) is 11.3. The Morgan fingerprint density at radius 1 is 1.12 bits per heavy atom. The van der Waals surface area contributed by atoms with E-state index in [0.29, 0.717) is 6.42 Å². The van der Waals surface area contributed by atoms with Crippen LogP contribution in [0.25, 0.3) is 0 Å². The molecule has 0 saturated carbocycles. The van der Waals surface area contributed by atoms with Gasteiger partial charge in [-0.2, -0.15) is 11.8 Å². The Kier molecular flexibility index (Phi) is 11.1. The van der Waals surface area contributed by atoms with Gasteiger partial charge in [0, 0.05) is 0 Å². The summed E-state index contributed by atoms with van der Waals surface area (Å²) in [6.07, 6.45) is 6.91. The van der Waals surface area contributed by atoms with Gasteiger partial charge in [-0.05, 0) is 24.3 Å². The summed E-state index contributed by atoms with van der Waals surface area (Å²) in [5.74, 6) is 0.709. The Morgan fingerprint density at radius 3 is 2.38 bits per heavy atom. The van der Waals surface area contributed by atoms with E-state index in [1.54, 1.807) is 11.8 Å². The van der Waals surface area contributed by atoms with Crippen molar-refractivity contribution in [3.8, 4) is 0 Å². The van der Waals surface area contributed by atoms with Gasteiger partial charge < -0.3 is 10.2 Å². The van der Waals surface area contributed by atoms with Crippen LogP contribution in [-0.2, 0) is 4.79 Å². The molecule has 0 radical (unpaired) electrons. The van der Waals surface area contributed by atoms with Gasteiger partial charge in [-0.1, -0.05) is 39.0 Å². The van der Waals surface area contributed by atoms with Gasteiger partial charge in [-0.3, -0.25) is 0 Å². The molecule has 0 amide bonds. The van der Waals surface area contributed by atoms with Crippen molar-refractivity contribution in [3.05, 3.63) is 0 Å². The molecule has 1 unspecified atom stereocenters. The highest BCUT2D eigenvalue weighted by atomic mass is 32.2. The third kappa shape index (κ3) is 10.3. The van der Waals surface area contributed by atoms with Gasteiger partial charge in [0.25, 0.3) is 0 Å². The molecule has 16 heavy (non-hydrogen) atoms. The van der Waals surface area contributed by atoms with Crippen LogP contribution in [-0.4, -0.2) is 33.8 Å². The monoisotopic (exact) mass is 248 g/mol. The third-order valence-electron chi connectivity index (χ3n) is 2.46. The number of hydrogen-bond donors (Lipinski definition) is 2. The van der Waals surface area contributed by atoms with Crippen LogP contribution in [0.1, 0.15) is 51.9 Å². The summed E-state index contributed by atoms with van der Waals surface area (Å²) in [5, 5.41) is 17.5. The van der Waals surface area contributed by atoms with Gasteiger partial charge in [0.15, 0.2) is 6.10 Å². The van der Waals surface area contributed by atoms with E-state index in [-0.39, 0.29) is 0 Å². The quantitative estimate of drug-likeness (QED) is 0.552. The van der Waals surface area contributed by atoms with E-state index in [9.17, 15) is 4.79 Å². The van der Waals surface area contributed by atoms with E-state index < -0.39 is 12.1 Å². The molecule has 0 heterocycles. The topological polar surface area (TPSA) is 57.5 Å². The molecule has 1 atom stereocenters. The number of carbonyl (C=O) groups is 1. The second-order valence-electron chi connectivity index (χ2n) is 4.02. The minimum atomic E-state index is -1.18. The molecule has 0 aromatic heterocycles. The van der Waals surface area contributed by atoms with Crippen molar-refractivity contribution < 1.29 is 15.0 Å². The molecule has 4 heteroatoms. The zero-order chi connectivity index (χ0) is 12.2. The van der Waals surface area contributed by atoms with Gasteiger partial charge in [0.05, 0.1) is 0 Å². The molecule has 2 N–H and O–H groups in total. The first-order valence-corrected chi connectivity index (χ1v) is 7.32. The second-order valence-corrected chi connectivity index (χ2v) is 5.25. The highest BCUT2D eigenvalue weighted by Gasteiger charge is 2.11. The number of aliphatic hydroxyl groups excluding tert-OH is 1. The predicted molar refractivity (Wildman–Crippen MR) is 69.0 cm³/mol. The average Bonchev–Trinajstić information content (AvgIpc) is 2.26. The zero-order valence-electron chi connectivity index (χ0n) is 10.2. The van der Waals surface area contributed by atoms with E-state index in [2.05, 4.69) is 6.92 Å². The molecule has 0 saturated heterocycles. The van der Waals surface area contributed by atoms with Crippen LogP contribution < -0.4 is 0 Å². The van der Waals surface area contributed by atoms with Gasteiger partial charge in [0.2, 0.25) is 0 Å². The number of rotatable bonds is 11. The largest absolute Gasteiger partial charge is 0.479 e. The van der Waals surface area contributed by atoms with Crippen molar-refractivity contribution in [2.24, 2.45) is 0 Å². The van der Waals surface area contributed by atoms with Crippen LogP contribution in [0.3, 0.4) is 0 Å². The van der Waals surface area contributed by atoms with Gasteiger partial charge in [-0.25, -0.2) is 4.79 Å². The molecule has 0 bridgehead atoms. The van der Waals surface area contributed by atoms with Crippen molar-refractivity contribution in [2.75, 3.05) is 11.5 Å². The van der Waals surface area contributed by atoms with E-state index >= 15 is 0 Å². The summed E-state index contributed by atoms with van der Waals surface area (Å²) in [5.41, 5.74) is 0. The predicted octanol–water partition coefficient (Wildman–Crippen LogP) is 2.92. The fourth-order valence-electron chi connectivity index (χ4n) is 1.40. The molecule has 0 aromatic rings. The molecule has 0 aliphatic rings. The summed E-state index contributed by atoms with van der Waals surface area (Å²) in [7, 11) is 0. The molecule has 0 aromatic carbocycles. The molecular weight excluding hydrogens is 224 g/mol. The lowest BCUT2D eigenvalue weighted by molar-refractivity contribution is -0.146. The summed E-state index contributed by atoms with van der Waals surface area (Å²) < 4.78 is 0. The maximum absolute atomic E-state index is 10.3. The van der Waals surface area contributed by atoms with Crippen molar-refractivity contribution in [1.82, 2.24) is 0 Å². The Labute approximate surface area is 103 Å². The maximum atomic E-state index is 10.3. The fraction of sp³-hybridized carbons (Fsp3) is 0.917. The standard InChI is InChI=1S/C12H24O3S/c1-2-3-4-5-6-7-9-16-10-8-11(13)12(14)15/h11,13H,2-10H2,1H3,(H,14,15). The number of carboxylic acid groups (broad SMARTS) is 1. The summed E-state index contributed by atoms with van der Waals surface area (Å²) in [6.45, 7) is 2.21. The molecular formula is C12H24O3S. The lowest BCUT2D eigenvalue weighted by atomic mass is 10.1. The fourth-order valence-corrected chi connectivity index (χ4v) is 2.41. The summed E-state index contributed by atoms with van der Waals surface area (Å²) in [4.78, 5) is 10.3. The summed E-state index contributed by atoms with van der Waals surface area (Å²) in [6, 6.07) is 0. The smallest absolute Gasteiger partial charge is 0.332 e. The van der Waals surface area contributed by atoms with Crippen LogP contribution in [0.2, 0.25) is 0 Å². The lowest BCUT2D eigenvalue weighted by Crippen LogP contribution is -2.19. The average molecular weight is 248 g/mol. The summed E-state index contributed by atoms with van der Waals surface area (Å²) >= 11 is 1.74. The first-order chi connectivity index (χ1) is 7.68. The minimum absolute atomic E-state index is 0.357. The van der Waals surface area contributed by atoms with Gasteiger partial charge in [-0.15, -0.1) is 0 Å². The normalized spacial score (nSPS) is 12.6. The molecule has 3 nitrogen and oxygen atoms in total. The van der Waals surface area contributed by atoms with E-state index in [4.69, 9.17) is 10.2 Å². The Balaban J connectivity index is 3.07. The molecule has 0 spiro atoms. The molecule has 0 aliphatic carbocycles. The van der Waals surface area contributed by atoms with Crippen LogP contribution in [0, 0.1) is 0 Å². The molecule has 96 valence electrons. The van der Waals surface area contributed by atoms with Gasteiger partial charge >= 0.3 is 5.97 Å². The van der Waals surface area contributed by atoms with E-state index in [1.165, 1.54) is 38.5 Å². The SMILES string of the molecule is CCCCCCCCSCCC(O)C(=O)O. The minimum Gasteiger partial charge on any atom is -0.479 e. The first kappa shape index (κ1) is 15.8. The molecule has 0 rings (SSSR count). The van der Waals surface area contributed by atoms with Crippen LogP contribution in [0.5, 0.6) is 0 Å². The maximum Gasteiger partial charge on any atom is 0.332 e. The van der Waals surface area contributed by atoms with E-state index in [0.717, 1.165) is 11.5 Å². The Hall–Kier alpha value is -0.220. The number of unbranched alkanes of at least 4 members (excludes halogenated alkanes) is 5. The Morgan fingerprint density at radius 2 is 1.75 bits per heavy atom. The van der Waals surface area contributed by atoms with Crippen LogP contribution in [0.4, 0.5) is 0 Å². The number of carboxylic acids is 1. The van der Waals surface area contributed by atoms with E-state index in [1.807, 2.05) is 0 Å². The number of hydrogen-bond acceptors (Lipinski definition) is 3. The highest BCUT2D eigenvalue weighted by Crippen LogP contribution is 2.11. The Bertz CT molecular complexity index is 174. The van der Waals surface area contributed by atoms with Crippen molar-refractivity contribution >= 4 is 17.7 Å². The third-order valence-corrected chi connectivity index (χ3v) is 3.56. The van der Waals surface area contributed by atoms with Gasteiger partial charge in [0.1, 0.15) is 0 Å².